The number of aromatic nitrogens is 1. The fraction of sp³-hybridized carbons (Fsp3) is 0.400. The van der Waals surface area contributed by atoms with Gasteiger partial charge >= 0.3 is 12.0 Å². The minimum Gasteiger partial charge on any atom is -0.469 e. The van der Waals surface area contributed by atoms with Crippen molar-refractivity contribution in [2.75, 3.05) is 24.3 Å². The first kappa shape index (κ1) is 28.2. The lowest BCUT2D eigenvalue weighted by Gasteiger charge is -2.21. The fourth-order valence-electron chi connectivity index (χ4n) is 3.24. The van der Waals surface area contributed by atoms with Crippen molar-refractivity contribution in [1.82, 2.24) is 15.6 Å². The van der Waals surface area contributed by atoms with E-state index in [0.29, 0.717) is 23.5 Å². The van der Waals surface area contributed by atoms with Gasteiger partial charge in [0.25, 0.3) is 0 Å². The van der Waals surface area contributed by atoms with E-state index < -0.39 is 30.1 Å². The SMILES string of the molecule is COC(=O)CC(O)CNC(=O)C(CC(C)C)NC(=O)Cc1ccc(NC(=O)Nc2ccccn2)cc1. The van der Waals surface area contributed by atoms with Gasteiger partial charge in [-0.15, -0.1) is 0 Å². The number of aliphatic hydroxyl groups excluding tert-OH is 1. The van der Waals surface area contributed by atoms with E-state index in [0.717, 1.165) is 0 Å². The van der Waals surface area contributed by atoms with E-state index in [2.05, 4.69) is 31.0 Å². The van der Waals surface area contributed by atoms with Gasteiger partial charge in [-0.3, -0.25) is 19.7 Å². The number of hydrogen-bond donors (Lipinski definition) is 5. The molecule has 5 N–H and O–H groups in total. The maximum atomic E-state index is 12.6. The van der Waals surface area contributed by atoms with Crippen LogP contribution in [0.1, 0.15) is 32.3 Å². The lowest BCUT2D eigenvalue weighted by molar-refractivity contribution is -0.143. The highest BCUT2D eigenvalue weighted by molar-refractivity contribution is 5.99. The Morgan fingerprint density at radius 1 is 1.03 bits per heavy atom. The Bertz CT molecular complexity index is 1010. The Morgan fingerprint density at radius 2 is 1.75 bits per heavy atom. The Morgan fingerprint density at radius 3 is 2.36 bits per heavy atom. The van der Waals surface area contributed by atoms with E-state index in [9.17, 15) is 24.3 Å². The Hall–Kier alpha value is -3.99. The molecule has 2 rings (SSSR count). The summed E-state index contributed by atoms with van der Waals surface area (Å²) in [5, 5.41) is 20.5. The molecule has 0 bridgehead atoms. The molecule has 0 spiro atoms. The summed E-state index contributed by atoms with van der Waals surface area (Å²) in [5.41, 5.74) is 1.23. The van der Waals surface area contributed by atoms with Crippen molar-refractivity contribution in [3.8, 4) is 0 Å². The monoisotopic (exact) mass is 499 g/mol. The normalized spacial score (nSPS) is 12.2. The molecule has 4 amide bonds. The van der Waals surface area contributed by atoms with Crippen molar-refractivity contribution in [3.63, 3.8) is 0 Å². The minimum absolute atomic E-state index is 0.0350. The molecule has 0 aliphatic carbocycles. The van der Waals surface area contributed by atoms with Gasteiger partial charge in [-0.2, -0.15) is 0 Å². The number of carbonyl (C=O) groups is 4. The molecule has 36 heavy (non-hydrogen) atoms. The highest BCUT2D eigenvalue weighted by Gasteiger charge is 2.23. The van der Waals surface area contributed by atoms with Crippen LogP contribution in [-0.2, 0) is 25.5 Å². The maximum Gasteiger partial charge on any atom is 0.324 e. The quantitative estimate of drug-likeness (QED) is 0.279. The fourth-order valence-corrected chi connectivity index (χ4v) is 3.24. The summed E-state index contributed by atoms with van der Waals surface area (Å²) in [6.45, 7) is 3.71. The Kier molecular flexibility index (Phi) is 11.3. The van der Waals surface area contributed by atoms with Crippen LogP contribution in [0.25, 0.3) is 0 Å². The van der Waals surface area contributed by atoms with Gasteiger partial charge in [0.1, 0.15) is 11.9 Å². The maximum absolute atomic E-state index is 12.6. The van der Waals surface area contributed by atoms with E-state index in [1.54, 1.807) is 48.7 Å². The van der Waals surface area contributed by atoms with Crippen LogP contribution in [-0.4, -0.2) is 59.7 Å². The van der Waals surface area contributed by atoms with Crippen molar-refractivity contribution in [2.24, 2.45) is 5.92 Å². The molecular formula is C25H33N5O6. The predicted molar refractivity (Wildman–Crippen MR) is 134 cm³/mol. The van der Waals surface area contributed by atoms with Crippen LogP contribution in [0.5, 0.6) is 0 Å². The van der Waals surface area contributed by atoms with Crippen molar-refractivity contribution >= 4 is 35.3 Å². The molecule has 11 nitrogen and oxygen atoms in total. The van der Waals surface area contributed by atoms with Gasteiger partial charge in [0.15, 0.2) is 0 Å². The summed E-state index contributed by atoms with van der Waals surface area (Å²) in [6, 6.07) is 10.7. The molecule has 0 aliphatic heterocycles. The number of pyridine rings is 1. The largest absolute Gasteiger partial charge is 0.469 e. The first-order valence-corrected chi connectivity index (χ1v) is 11.6. The van der Waals surface area contributed by atoms with E-state index in [1.807, 2.05) is 13.8 Å². The zero-order valence-corrected chi connectivity index (χ0v) is 20.6. The second-order valence-corrected chi connectivity index (χ2v) is 8.60. The van der Waals surface area contributed by atoms with Crippen molar-refractivity contribution in [2.45, 2.75) is 45.3 Å². The van der Waals surface area contributed by atoms with Gasteiger partial charge in [-0.25, -0.2) is 9.78 Å². The van der Waals surface area contributed by atoms with Crippen LogP contribution in [0.4, 0.5) is 16.3 Å². The van der Waals surface area contributed by atoms with Gasteiger partial charge in [0.05, 0.1) is 26.1 Å². The lowest BCUT2D eigenvalue weighted by Crippen LogP contribution is -2.49. The van der Waals surface area contributed by atoms with Crippen LogP contribution < -0.4 is 21.3 Å². The number of rotatable bonds is 12. The number of esters is 1. The molecule has 1 aromatic heterocycles. The molecule has 1 heterocycles. The van der Waals surface area contributed by atoms with Gasteiger partial charge in [-0.05, 0) is 42.2 Å². The molecular weight excluding hydrogens is 466 g/mol. The summed E-state index contributed by atoms with van der Waals surface area (Å²) in [4.78, 5) is 52.5. The number of benzene rings is 1. The standard InChI is InChI=1S/C25H33N5O6/c1-16(2)12-20(24(34)27-15-19(31)14-23(33)36-3)29-22(32)13-17-7-9-18(10-8-17)28-25(35)30-21-6-4-5-11-26-21/h4-11,16,19-20,31H,12-15H2,1-3H3,(H,27,34)(H,29,32)(H2,26,28,30,35). The molecule has 1 aromatic carbocycles. The molecule has 0 radical (unpaired) electrons. The topological polar surface area (TPSA) is 159 Å². The number of methoxy groups -OCH3 is 1. The van der Waals surface area contributed by atoms with Crippen molar-refractivity contribution in [1.29, 1.82) is 0 Å². The molecule has 11 heteroatoms. The van der Waals surface area contributed by atoms with E-state index >= 15 is 0 Å². The second kappa shape index (κ2) is 14.4. The smallest absolute Gasteiger partial charge is 0.324 e. The number of carbonyl (C=O) groups excluding carboxylic acids is 4. The third-order valence-corrected chi connectivity index (χ3v) is 4.98. The van der Waals surface area contributed by atoms with Gasteiger partial charge in [-0.1, -0.05) is 32.0 Å². The molecule has 0 saturated carbocycles. The zero-order chi connectivity index (χ0) is 26.5. The van der Waals surface area contributed by atoms with Crippen LogP contribution >= 0.6 is 0 Å². The van der Waals surface area contributed by atoms with Crippen LogP contribution in [0.2, 0.25) is 0 Å². The minimum atomic E-state index is -1.09. The molecule has 2 unspecified atom stereocenters. The summed E-state index contributed by atoms with van der Waals surface area (Å²) in [7, 11) is 1.21. The molecule has 194 valence electrons. The van der Waals surface area contributed by atoms with Crippen molar-refractivity contribution < 1.29 is 29.0 Å². The Balaban J connectivity index is 1.87. The highest BCUT2D eigenvalue weighted by Crippen LogP contribution is 2.12. The number of nitrogens with one attached hydrogen (secondary N) is 4. The van der Waals surface area contributed by atoms with Crippen LogP contribution in [0, 0.1) is 5.92 Å². The Labute approximate surface area is 210 Å². The first-order chi connectivity index (χ1) is 17.2. The number of aliphatic hydroxyl groups is 1. The second-order valence-electron chi connectivity index (χ2n) is 8.60. The van der Waals surface area contributed by atoms with E-state index in [-0.39, 0.29) is 31.2 Å². The number of hydrogen-bond acceptors (Lipinski definition) is 7. The first-order valence-electron chi connectivity index (χ1n) is 11.6. The average molecular weight is 500 g/mol. The summed E-state index contributed by atoms with van der Waals surface area (Å²) in [6.07, 6.45) is 0.675. The summed E-state index contributed by atoms with van der Waals surface area (Å²) < 4.78 is 4.49. The highest BCUT2D eigenvalue weighted by atomic mass is 16.5. The average Bonchev–Trinajstić information content (AvgIpc) is 2.83. The number of amides is 4. The van der Waals surface area contributed by atoms with Gasteiger partial charge < -0.3 is 25.8 Å². The predicted octanol–water partition coefficient (Wildman–Crippen LogP) is 1.84. The third kappa shape index (κ3) is 10.5. The van der Waals surface area contributed by atoms with Gasteiger partial charge in [0, 0.05) is 18.4 Å². The van der Waals surface area contributed by atoms with Gasteiger partial charge in [0.2, 0.25) is 11.8 Å². The summed E-state index contributed by atoms with van der Waals surface area (Å²) >= 11 is 0. The van der Waals surface area contributed by atoms with E-state index in [4.69, 9.17) is 0 Å². The molecule has 0 saturated heterocycles. The van der Waals surface area contributed by atoms with Crippen LogP contribution in [0.15, 0.2) is 48.7 Å². The zero-order valence-electron chi connectivity index (χ0n) is 20.6. The molecule has 0 fully saturated rings. The van der Waals surface area contributed by atoms with Crippen molar-refractivity contribution in [3.05, 3.63) is 54.2 Å². The molecule has 2 atom stereocenters. The third-order valence-electron chi connectivity index (χ3n) is 4.98. The number of ether oxygens (including phenoxy) is 1. The van der Waals surface area contributed by atoms with Crippen LogP contribution in [0.3, 0.4) is 0 Å². The number of nitrogens with zero attached hydrogens (tertiary/aromatic N) is 1. The van der Waals surface area contributed by atoms with E-state index in [1.165, 1.54) is 7.11 Å². The number of anilines is 2. The lowest BCUT2D eigenvalue weighted by atomic mass is 10.0. The summed E-state index contributed by atoms with van der Waals surface area (Å²) in [5.74, 6) is -0.831. The number of urea groups is 1. The molecule has 2 aromatic rings. The molecule has 0 aliphatic rings.